The second-order valence-electron chi connectivity index (χ2n) is 23.4. The zero-order chi connectivity index (χ0) is 58.5. The Morgan fingerprint density at radius 2 is 0.481 bits per heavy atom. The number of rotatable bonds is 64. The fourth-order valence-electron chi connectivity index (χ4n) is 10.1. The number of unbranched alkanes of at least 4 members (excludes halogenated alkanes) is 39. The van der Waals surface area contributed by atoms with Crippen LogP contribution in [0, 0.1) is 0 Å². The molecule has 0 heterocycles. The lowest BCUT2D eigenvalue weighted by atomic mass is 10.0. The van der Waals surface area contributed by atoms with Gasteiger partial charge < -0.3 is 14.2 Å². The van der Waals surface area contributed by atoms with Crippen molar-refractivity contribution >= 4 is 17.9 Å². The molecule has 0 saturated heterocycles. The number of carbonyl (C=O) groups is 3. The zero-order valence-corrected chi connectivity index (χ0v) is 53.8. The van der Waals surface area contributed by atoms with Gasteiger partial charge in [0.25, 0.3) is 0 Å². The van der Waals surface area contributed by atoms with Crippen LogP contribution in [0.5, 0.6) is 0 Å². The Kier molecular flexibility index (Phi) is 66.2. The van der Waals surface area contributed by atoms with Gasteiger partial charge in [-0.1, -0.05) is 305 Å². The lowest BCUT2D eigenvalue weighted by Gasteiger charge is -2.18. The molecule has 0 amide bonds. The summed E-state index contributed by atoms with van der Waals surface area (Å²) in [5, 5.41) is 0. The Balaban J connectivity index is 4.37. The van der Waals surface area contributed by atoms with Crippen LogP contribution >= 0.6 is 0 Å². The molecule has 0 aliphatic carbocycles. The minimum atomic E-state index is -0.787. The summed E-state index contributed by atoms with van der Waals surface area (Å²) in [6.45, 7) is 6.55. The number of ether oxygens (including phenoxy) is 3. The topological polar surface area (TPSA) is 78.9 Å². The van der Waals surface area contributed by atoms with Crippen molar-refractivity contribution in [1.82, 2.24) is 0 Å². The van der Waals surface area contributed by atoms with E-state index in [0.717, 1.165) is 103 Å². The molecular formula is C75H132O6. The number of hydrogen-bond acceptors (Lipinski definition) is 6. The molecule has 0 fully saturated rings. The predicted octanol–water partition coefficient (Wildman–Crippen LogP) is 24.2. The van der Waals surface area contributed by atoms with E-state index in [2.05, 4.69) is 106 Å². The second kappa shape index (κ2) is 69.1. The van der Waals surface area contributed by atoms with Gasteiger partial charge in [-0.15, -0.1) is 0 Å². The van der Waals surface area contributed by atoms with E-state index in [4.69, 9.17) is 14.2 Å². The first-order valence-corrected chi connectivity index (χ1v) is 35.1. The molecule has 0 N–H and O–H groups in total. The third-order valence-electron chi connectivity index (χ3n) is 15.4. The average molecular weight is 1130 g/mol. The van der Waals surface area contributed by atoms with Gasteiger partial charge in [-0.25, -0.2) is 0 Å². The summed E-state index contributed by atoms with van der Waals surface area (Å²) in [7, 11) is 0. The van der Waals surface area contributed by atoms with Gasteiger partial charge in [-0.2, -0.15) is 0 Å². The smallest absolute Gasteiger partial charge is 0.306 e. The highest BCUT2D eigenvalue weighted by Gasteiger charge is 2.19. The molecule has 0 aromatic rings. The molecule has 0 aliphatic rings. The number of esters is 3. The quantitative estimate of drug-likeness (QED) is 0.0261. The molecule has 1 unspecified atom stereocenters. The summed E-state index contributed by atoms with van der Waals surface area (Å²) in [4.78, 5) is 38.5. The monoisotopic (exact) mass is 1130 g/mol. The van der Waals surface area contributed by atoms with Crippen molar-refractivity contribution in [1.29, 1.82) is 0 Å². The SMILES string of the molecule is CC/C=C\C/C=C\C/C=C\CCCCCCCCCC(=O)OCC(COC(=O)CCCCCCCCCC/C=C\C/C=C\C/C=C\CCCCCCC)OC(=O)CCCCCCCCCCCCC/C=C\CCCCCCCCCC. The minimum Gasteiger partial charge on any atom is -0.462 e. The molecular weight excluding hydrogens is 997 g/mol. The number of carbonyl (C=O) groups excluding carboxylic acids is 3. The largest absolute Gasteiger partial charge is 0.462 e. The molecule has 0 saturated carbocycles. The maximum Gasteiger partial charge on any atom is 0.306 e. The molecule has 6 heteroatoms. The van der Waals surface area contributed by atoms with Crippen molar-refractivity contribution in [3.63, 3.8) is 0 Å². The Morgan fingerprint density at radius 3 is 0.765 bits per heavy atom. The van der Waals surface area contributed by atoms with Gasteiger partial charge in [0, 0.05) is 19.3 Å². The molecule has 6 nitrogen and oxygen atoms in total. The van der Waals surface area contributed by atoms with Crippen LogP contribution in [0.1, 0.15) is 355 Å². The standard InChI is InChI=1S/C75H132O6/c1-4-7-10-13-16-19-22-25-28-31-33-35-37-39-41-44-47-50-53-56-59-62-65-68-74(77)80-71-72(70-79-73(76)67-64-61-58-55-52-49-46-43-30-27-24-21-18-15-12-9-6-3)81-75(78)69-66-63-60-57-54-51-48-45-42-40-38-36-34-32-29-26-23-20-17-14-11-8-5-2/h9,12,18,21-22,25,27,30-34,37,39,72H,4-8,10-11,13-17,19-20,23-24,26,28-29,35-36,38,40-71H2,1-3H3/b12-9-,21-18-,25-22-,30-27-,33-31-,34-32-,39-37-. The molecule has 0 radical (unpaired) electrons. The van der Waals surface area contributed by atoms with E-state index in [1.807, 2.05) is 0 Å². The van der Waals surface area contributed by atoms with Crippen LogP contribution in [0.2, 0.25) is 0 Å². The fourth-order valence-corrected chi connectivity index (χ4v) is 10.1. The molecule has 0 spiro atoms. The summed E-state index contributed by atoms with van der Waals surface area (Å²) in [5.74, 6) is -0.882. The van der Waals surface area contributed by atoms with Crippen molar-refractivity contribution in [2.75, 3.05) is 13.2 Å². The van der Waals surface area contributed by atoms with E-state index in [1.165, 1.54) is 212 Å². The predicted molar refractivity (Wildman–Crippen MR) is 353 cm³/mol. The van der Waals surface area contributed by atoms with Crippen LogP contribution in [0.15, 0.2) is 85.1 Å². The first-order valence-electron chi connectivity index (χ1n) is 35.1. The summed E-state index contributed by atoms with van der Waals surface area (Å²) in [6.07, 6.45) is 91.7. The summed E-state index contributed by atoms with van der Waals surface area (Å²) in [5.41, 5.74) is 0. The maximum absolute atomic E-state index is 13.0. The number of hydrogen-bond donors (Lipinski definition) is 0. The molecule has 1 atom stereocenters. The van der Waals surface area contributed by atoms with E-state index in [-0.39, 0.29) is 31.1 Å². The second-order valence-corrected chi connectivity index (χ2v) is 23.4. The van der Waals surface area contributed by atoms with E-state index in [0.29, 0.717) is 19.3 Å². The van der Waals surface area contributed by atoms with Crippen LogP contribution in [0.4, 0.5) is 0 Å². The highest BCUT2D eigenvalue weighted by Crippen LogP contribution is 2.17. The molecule has 468 valence electrons. The van der Waals surface area contributed by atoms with Gasteiger partial charge in [0.2, 0.25) is 0 Å². The molecule has 0 aromatic heterocycles. The van der Waals surface area contributed by atoms with Crippen LogP contribution in [0.3, 0.4) is 0 Å². The summed E-state index contributed by atoms with van der Waals surface area (Å²) < 4.78 is 17.0. The van der Waals surface area contributed by atoms with Crippen molar-refractivity contribution < 1.29 is 28.6 Å². The van der Waals surface area contributed by atoms with E-state index in [9.17, 15) is 14.4 Å². The Hall–Kier alpha value is -3.41. The van der Waals surface area contributed by atoms with Crippen molar-refractivity contribution in [2.24, 2.45) is 0 Å². The normalized spacial score (nSPS) is 12.6. The van der Waals surface area contributed by atoms with Crippen LogP contribution in [-0.2, 0) is 28.6 Å². The first kappa shape index (κ1) is 77.6. The van der Waals surface area contributed by atoms with Gasteiger partial charge in [0.05, 0.1) is 0 Å². The van der Waals surface area contributed by atoms with E-state index >= 15 is 0 Å². The summed E-state index contributed by atoms with van der Waals surface area (Å²) in [6, 6.07) is 0. The Morgan fingerprint density at radius 1 is 0.259 bits per heavy atom. The third-order valence-corrected chi connectivity index (χ3v) is 15.4. The van der Waals surface area contributed by atoms with Gasteiger partial charge >= 0.3 is 17.9 Å². The van der Waals surface area contributed by atoms with Crippen molar-refractivity contribution in [3.8, 4) is 0 Å². The Bertz CT molecular complexity index is 1530. The Labute approximate surface area is 503 Å². The van der Waals surface area contributed by atoms with Gasteiger partial charge in [-0.05, 0) is 116 Å². The van der Waals surface area contributed by atoms with Gasteiger partial charge in [-0.3, -0.25) is 14.4 Å². The van der Waals surface area contributed by atoms with E-state index < -0.39 is 6.10 Å². The van der Waals surface area contributed by atoms with Crippen LogP contribution < -0.4 is 0 Å². The summed E-state index contributed by atoms with van der Waals surface area (Å²) >= 11 is 0. The van der Waals surface area contributed by atoms with Crippen molar-refractivity contribution in [2.45, 2.75) is 361 Å². The first-order chi connectivity index (χ1) is 40.0. The minimum absolute atomic E-state index is 0.0824. The zero-order valence-electron chi connectivity index (χ0n) is 53.8. The molecule has 0 rings (SSSR count). The van der Waals surface area contributed by atoms with E-state index in [1.54, 1.807) is 0 Å². The molecule has 0 aromatic carbocycles. The van der Waals surface area contributed by atoms with Crippen molar-refractivity contribution in [3.05, 3.63) is 85.1 Å². The lowest BCUT2D eigenvalue weighted by Crippen LogP contribution is -2.30. The molecule has 0 aliphatic heterocycles. The van der Waals surface area contributed by atoms with Gasteiger partial charge in [0.15, 0.2) is 6.10 Å². The lowest BCUT2D eigenvalue weighted by molar-refractivity contribution is -0.167. The maximum atomic E-state index is 13.0. The fraction of sp³-hybridized carbons (Fsp3) is 0.773. The highest BCUT2D eigenvalue weighted by molar-refractivity contribution is 5.71. The third kappa shape index (κ3) is 67.3. The highest BCUT2D eigenvalue weighted by atomic mass is 16.6. The van der Waals surface area contributed by atoms with Crippen LogP contribution in [-0.4, -0.2) is 37.2 Å². The van der Waals surface area contributed by atoms with Crippen LogP contribution in [0.25, 0.3) is 0 Å². The van der Waals surface area contributed by atoms with Gasteiger partial charge in [0.1, 0.15) is 13.2 Å². The number of allylic oxidation sites excluding steroid dienone is 14. The molecule has 81 heavy (non-hydrogen) atoms. The average Bonchev–Trinajstić information content (AvgIpc) is 3.47. The molecule has 0 bridgehead atoms.